The van der Waals surface area contributed by atoms with Crippen LogP contribution in [0.25, 0.3) is 0 Å². The first-order valence-corrected chi connectivity index (χ1v) is 18.8. The third-order valence-electron chi connectivity index (χ3n) is 8.56. The van der Waals surface area contributed by atoms with Gasteiger partial charge in [-0.15, -0.1) is 0 Å². The highest BCUT2D eigenvalue weighted by atomic mass is 35.5. The third kappa shape index (κ3) is 10.7. The maximum absolute atomic E-state index is 13.7. The third-order valence-corrected chi connectivity index (χ3v) is 10.5. The summed E-state index contributed by atoms with van der Waals surface area (Å²) >= 11 is 12.7. The number of amides is 1. The molecule has 1 saturated heterocycles. The van der Waals surface area contributed by atoms with Crippen LogP contribution in [0.1, 0.15) is 46.9 Å². The van der Waals surface area contributed by atoms with Gasteiger partial charge >= 0.3 is 12.6 Å². The average molecular weight is 788 g/mol. The molecule has 13 nitrogen and oxygen atoms in total. The molecule has 1 aliphatic carbocycles. The van der Waals surface area contributed by atoms with Crippen LogP contribution in [0.4, 0.5) is 14.5 Å². The molecular formula is C34H38Cl2F2N4O9S. The Kier molecular flexibility index (Phi) is 12.9. The smallest absolute Gasteiger partial charge is 0.387 e. The van der Waals surface area contributed by atoms with Crippen molar-refractivity contribution >= 4 is 50.8 Å². The second kappa shape index (κ2) is 17.1. The van der Waals surface area contributed by atoms with Crippen LogP contribution in [0, 0.1) is 11.1 Å². The standard InChI is InChI=1S/C34H38Cl2F2N4O9S/c1-40-10-12-41(13-11-40)32(43)9-14-52(46,47)39-27-15-23(6-7-28(27)48-2)33(44)50-30(17-24-25(35)18-42(45)19-26(24)36)22-5-8-29(51-34(37)38)31(16-22)49-20-21-3-4-21/h5-8,15-16,18-19,21,30,34,39H,3-4,9-14,17,20H2,1-2H3/t30-/m0/s1. The number of alkyl halides is 2. The lowest BCUT2D eigenvalue weighted by Crippen LogP contribution is -2.47. The molecule has 1 atom stereocenters. The first-order valence-electron chi connectivity index (χ1n) is 16.4. The van der Waals surface area contributed by atoms with Crippen LogP contribution in [0.15, 0.2) is 48.8 Å². The molecule has 5 rings (SSSR count). The number of rotatable bonds is 16. The fourth-order valence-electron chi connectivity index (χ4n) is 5.43. The van der Waals surface area contributed by atoms with Crippen molar-refractivity contribution < 1.29 is 50.5 Å². The lowest BCUT2D eigenvalue weighted by atomic mass is 10.0. The van der Waals surface area contributed by atoms with Crippen LogP contribution in [0.3, 0.4) is 0 Å². The van der Waals surface area contributed by atoms with Gasteiger partial charge in [-0.2, -0.15) is 13.5 Å². The van der Waals surface area contributed by atoms with Gasteiger partial charge in [0, 0.05) is 44.6 Å². The number of hydrogen-bond acceptors (Lipinski definition) is 10. The number of carbonyl (C=O) groups is 2. The SMILES string of the molecule is COc1ccc(C(=O)O[C@@H](Cc2c(Cl)c[n+]([O-])cc2Cl)c2ccc(OC(F)F)c(OCC3CC3)c2)cc1NS(=O)(=O)CCC(=O)N1CCN(C)CC1. The van der Waals surface area contributed by atoms with E-state index in [1.54, 1.807) is 4.90 Å². The number of anilines is 1. The van der Waals surface area contributed by atoms with Crippen molar-refractivity contribution in [3.63, 3.8) is 0 Å². The zero-order valence-electron chi connectivity index (χ0n) is 28.4. The molecule has 0 unspecified atom stereocenters. The maximum Gasteiger partial charge on any atom is 0.387 e. The summed E-state index contributed by atoms with van der Waals surface area (Å²) in [6.07, 6.45) is 2.46. The molecule has 2 aliphatic rings. The number of hydrogen-bond donors (Lipinski definition) is 1. The molecule has 0 bridgehead atoms. The van der Waals surface area contributed by atoms with E-state index in [1.807, 2.05) is 7.05 Å². The predicted octanol–water partition coefficient (Wildman–Crippen LogP) is 5.07. The number of carbonyl (C=O) groups excluding carboxylic acids is 2. The monoisotopic (exact) mass is 786 g/mol. The normalized spacial score (nSPS) is 15.6. The summed E-state index contributed by atoms with van der Waals surface area (Å²) < 4.78 is 77.2. The fraction of sp³-hybridized carbons (Fsp3) is 0.441. The number of ether oxygens (including phenoxy) is 4. The van der Waals surface area contributed by atoms with Crippen LogP contribution in [-0.2, 0) is 26.0 Å². The summed E-state index contributed by atoms with van der Waals surface area (Å²) in [6.45, 7) is -0.463. The molecule has 3 aromatic rings. The van der Waals surface area contributed by atoms with E-state index in [0.29, 0.717) is 36.5 Å². The molecule has 0 spiro atoms. The van der Waals surface area contributed by atoms with Gasteiger partial charge in [0.2, 0.25) is 15.9 Å². The van der Waals surface area contributed by atoms with Gasteiger partial charge < -0.3 is 34.0 Å². The largest absolute Gasteiger partial charge is 0.619 e. The van der Waals surface area contributed by atoms with Crippen molar-refractivity contribution in [2.24, 2.45) is 5.92 Å². The number of halogens is 4. The Morgan fingerprint density at radius 2 is 1.69 bits per heavy atom. The number of piperazine rings is 1. The van der Waals surface area contributed by atoms with E-state index in [2.05, 4.69) is 14.4 Å². The number of sulfonamides is 1. The van der Waals surface area contributed by atoms with Gasteiger partial charge in [-0.05, 0) is 61.7 Å². The highest BCUT2D eigenvalue weighted by molar-refractivity contribution is 7.92. The number of likely N-dealkylation sites (N-methyl/N-ethyl adjacent to an activating group) is 1. The molecule has 0 radical (unpaired) electrons. The molecular weight excluding hydrogens is 749 g/mol. The number of nitrogens with one attached hydrogen (secondary N) is 1. The topological polar surface area (TPSA) is 151 Å². The zero-order valence-corrected chi connectivity index (χ0v) is 30.7. The van der Waals surface area contributed by atoms with Gasteiger partial charge in [0.1, 0.15) is 21.9 Å². The second-order valence-corrected chi connectivity index (χ2v) is 15.2. The molecule has 1 saturated carbocycles. The van der Waals surface area contributed by atoms with Gasteiger partial charge in [0.25, 0.3) is 0 Å². The van der Waals surface area contributed by atoms with Crippen LogP contribution < -0.4 is 23.7 Å². The maximum atomic E-state index is 13.7. The first-order chi connectivity index (χ1) is 24.7. The summed E-state index contributed by atoms with van der Waals surface area (Å²) in [4.78, 5) is 30.1. The van der Waals surface area contributed by atoms with Crippen LogP contribution in [-0.4, -0.2) is 89.4 Å². The van der Waals surface area contributed by atoms with Gasteiger partial charge in [-0.1, -0.05) is 29.3 Å². The fourth-order valence-corrected chi connectivity index (χ4v) is 7.07. The molecule has 1 aliphatic heterocycles. The Hall–Kier alpha value is -4.12. The zero-order chi connectivity index (χ0) is 37.6. The lowest BCUT2D eigenvalue weighted by Gasteiger charge is -2.32. The summed E-state index contributed by atoms with van der Waals surface area (Å²) in [5.74, 6) is -1.54. The molecule has 282 valence electrons. The van der Waals surface area contributed by atoms with Gasteiger partial charge in [-0.3, -0.25) is 9.52 Å². The minimum atomic E-state index is -4.07. The van der Waals surface area contributed by atoms with Crippen LogP contribution in [0.2, 0.25) is 10.0 Å². The first kappa shape index (κ1) is 39.1. The van der Waals surface area contributed by atoms with Crippen molar-refractivity contribution in [2.45, 2.75) is 38.4 Å². The van der Waals surface area contributed by atoms with Crippen molar-refractivity contribution in [3.05, 3.63) is 80.7 Å². The number of aromatic nitrogens is 1. The molecule has 1 N–H and O–H groups in total. The van der Waals surface area contributed by atoms with E-state index in [1.165, 1.54) is 43.5 Å². The summed E-state index contributed by atoms with van der Waals surface area (Å²) in [5.41, 5.74) is 0.406. The molecule has 2 heterocycles. The van der Waals surface area contributed by atoms with E-state index in [4.69, 9.17) is 37.4 Å². The van der Waals surface area contributed by atoms with Crippen LogP contribution in [0.5, 0.6) is 17.2 Å². The Labute approximate surface area is 309 Å². The average Bonchev–Trinajstić information content (AvgIpc) is 3.92. The molecule has 2 aromatic carbocycles. The Bertz CT molecular complexity index is 1850. The molecule has 1 amide bonds. The highest BCUT2D eigenvalue weighted by Crippen LogP contribution is 2.38. The minimum Gasteiger partial charge on any atom is -0.619 e. The van der Waals surface area contributed by atoms with Crippen LogP contribution >= 0.6 is 23.2 Å². The van der Waals surface area contributed by atoms with Crippen molar-refractivity contribution in [3.8, 4) is 17.2 Å². The number of pyridine rings is 1. The quantitative estimate of drug-likeness (QED) is 0.118. The number of esters is 1. The molecule has 1 aromatic heterocycles. The van der Waals surface area contributed by atoms with Crippen molar-refractivity contribution in [1.29, 1.82) is 0 Å². The van der Waals surface area contributed by atoms with Crippen molar-refractivity contribution in [2.75, 3.05) is 57.4 Å². The molecule has 2 fully saturated rings. The number of nitrogens with zero attached hydrogens (tertiary/aromatic N) is 3. The summed E-state index contributed by atoms with van der Waals surface area (Å²) in [5, 5.41) is 11.9. The highest BCUT2D eigenvalue weighted by Gasteiger charge is 2.28. The van der Waals surface area contributed by atoms with Crippen molar-refractivity contribution in [1.82, 2.24) is 9.80 Å². The van der Waals surface area contributed by atoms with E-state index in [0.717, 1.165) is 25.2 Å². The Morgan fingerprint density at radius 3 is 2.33 bits per heavy atom. The molecule has 18 heteroatoms. The van der Waals surface area contributed by atoms with E-state index < -0.39 is 34.5 Å². The summed E-state index contributed by atoms with van der Waals surface area (Å²) in [6, 6.07) is 8.04. The van der Waals surface area contributed by atoms with E-state index in [-0.39, 0.29) is 75.4 Å². The van der Waals surface area contributed by atoms with Gasteiger partial charge in [0.05, 0.1) is 30.7 Å². The summed E-state index contributed by atoms with van der Waals surface area (Å²) in [7, 11) is -0.811. The van der Waals surface area contributed by atoms with E-state index in [9.17, 15) is 32.0 Å². The lowest BCUT2D eigenvalue weighted by molar-refractivity contribution is -0.605. The number of benzene rings is 2. The second-order valence-electron chi connectivity index (χ2n) is 12.5. The number of methoxy groups -OCH3 is 1. The minimum absolute atomic E-state index is 0.000601. The Balaban J connectivity index is 1.39. The molecule has 52 heavy (non-hydrogen) atoms. The Morgan fingerprint density at radius 1 is 1.02 bits per heavy atom. The van der Waals surface area contributed by atoms with Gasteiger partial charge in [0.15, 0.2) is 23.9 Å². The predicted molar refractivity (Wildman–Crippen MR) is 188 cm³/mol. The van der Waals surface area contributed by atoms with E-state index >= 15 is 0 Å². The van der Waals surface area contributed by atoms with Gasteiger partial charge in [-0.25, -0.2) is 13.2 Å².